The summed E-state index contributed by atoms with van der Waals surface area (Å²) >= 11 is 0. The maximum absolute atomic E-state index is 12.9. The van der Waals surface area contributed by atoms with E-state index < -0.39 is 0 Å². The number of hydrogen-bond donors (Lipinski definition) is 3. The lowest BCUT2D eigenvalue weighted by Crippen LogP contribution is -2.22. The van der Waals surface area contributed by atoms with Crippen LogP contribution in [-0.4, -0.2) is 33.8 Å². The summed E-state index contributed by atoms with van der Waals surface area (Å²) in [6, 6.07) is 5.68. The Morgan fingerprint density at radius 2 is 2.23 bits per heavy atom. The van der Waals surface area contributed by atoms with Crippen molar-refractivity contribution in [3.63, 3.8) is 0 Å². The van der Waals surface area contributed by atoms with Gasteiger partial charge in [-0.3, -0.25) is 14.7 Å². The summed E-state index contributed by atoms with van der Waals surface area (Å²) in [5.41, 5.74) is 8.58. The Hall–Kier alpha value is -3.11. The number of hydrogen-bond acceptors (Lipinski definition) is 4. The Bertz CT molecular complexity index is 1100. The van der Waals surface area contributed by atoms with Gasteiger partial charge in [-0.05, 0) is 38.1 Å². The largest absolute Gasteiger partial charge is 0.345 e. The van der Waals surface area contributed by atoms with Gasteiger partial charge in [-0.1, -0.05) is 11.8 Å². The highest BCUT2D eigenvalue weighted by atomic mass is 16.1. The Morgan fingerprint density at radius 3 is 2.96 bits per heavy atom. The molecule has 1 amide bonds. The van der Waals surface area contributed by atoms with Crippen molar-refractivity contribution in [2.75, 3.05) is 13.1 Å². The number of carbonyl (C=O) groups excluding carboxylic acids is 1. The van der Waals surface area contributed by atoms with Crippen molar-refractivity contribution in [3.05, 3.63) is 39.8 Å². The van der Waals surface area contributed by atoms with Gasteiger partial charge in [-0.2, -0.15) is 5.10 Å². The predicted octanol–water partition coefficient (Wildman–Crippen LogP) is 1.02. The zero-order valence-electron chi connectivity index (χ0n) is 14.8. The van der Waals surface area contributed by atoms with Crippen molar-refractivity contribution < 1.29 is 4.79 Å². The molecule has 3 aromatic rings. The van der Waals surface area contributed by atoms with E-state index in [1.54, 1.807) is 4.57 Å². The van der Waals surface area contributed by atoms with Gasteiger partial charge in [0.15, 0.2) is 0 Å². The third-order valence-electron chi connectivity index (χ3n) is 4.19. The van der Waals surface area contributed by atoms with Gasteiger partial charge in [0, 0.05) is 30.1 Å². The zero-order chi connectivity index (χ0) is 18.7. The maximum atomic E-state index is 12.9. The highest BCUT2D eigenvalue weighted by Crippen LogP contribution is 2.24. The van der Waals surface area contributed by atoms with Gasteiger partial charge in [0.2, 0.25) is 5.91 Å². The Balaban J connectivity index is 2.16. The molecule has 0 atom stereocenters. The van der Waals surface area contributed by atoms with Crippen LogP contribution in [0, 0.1) is 18.8 Å². The van der Waals surface area contributed by atoms with E-state index in [9.17, 15) is 9.59 Å². The Kier molecular flexibility index (Phi) is 5.05. The minimum Gasteiger partial charge on any atom is -0.345 e. The summed E-state index contributed by atoms with van der Waals surface area (Å²) < 4.78 is 1.75. The normalized spacial score (nSPS) is 10.7. The molecule has 0 fully saturated rings. The van der Waals surface area contributed by atoms with E-state index in [1.807, 2.05) is 25.1 Å². The van der Waals surface area contributed by atoms with Crippen LogP contribution in [0.2, 0.25) is 0 Å². The van der Waals surface area contributed by atoms with Gasteiger partial charge in [0.25, 0.3) is 5.56 Å². The van der Waals surface area contributed by atoms with Gasteiger partial charge in [-0.25, -0.2) is 0 Å². The lowest BCUT2D eigenvalue weighted by Gasteiger charge is -2.11. The van der Waals surface area contributed by atoms with Gasteiger partial charge in [0.1, 0.15) is 5.52 Å². The van der Waals surface area contributed by atoms with Crippen molar-refractivity contribution >= 4 is 27.7 Å². The number of nitrogens with zero attached hydrogens (tertiary/aromatic N) is 2. The molecule has 0 saturated carbocycles. The van der Waals surface area contributed by atoms with Crippen LogP contribution in [0.15, 0.2) is 23.0 Å². The lowest BCUT2D eigenvalue weighted by atomic mass is 10.1. The van der Waals surface area contributed by atoms with Crippen LogP contribution in [0.25, 0.3) is 21.8 Å². The SMILES string of the molecule is CC(=O)NCC#Cc1ccc2c(c1)c1n[nH]c(C)c1c(=O)n2CCCN. The third-order valence-corrected chi connectivity index (χ3v) is 4.19. The van der Waals surface area contributed by atoms with Crippen LogP contribution in [0.5, 0.6) is 0 Å². The molecule has 26 heavy (non-hydrogen) atoms. The molecule has 7 heteroatoms. The number of rotatable bonds is 4. The molecule has 7 nitrogen and oxygen atoms in total. The molecule has 134 valence electrons. The molecule has 0 aliphatic rings. The van der Waals surface area contributed by atoms with Crippen molar-refractivity contribution in [1.82, 2.24) is 20.1 Å². The first-order valence-electron chi connectivity index (χ1n) is 8.47. The minimum absolute atomic E-state index is 0.0586. The smallest absolute Gasteiger partial charge is 0.262 e. The van der Waals surface area contributed by atoms with E-state index in [0.717, 1.165) is 28.6 Å². The van der Waals surface area contributed by atoms with E-state index in [-0.39, 0.29) is 11.5 Å². The fraction of sp³-hybridized carbons (Fsp3) is 0.316. The molecule has 3 rings (SSSR count). The van der Waals surface area contributed by atoms with Gasteiger partial charge in [-0.15, -0.1) is 0 Å². The molecule has 2 aromatic heterocycles. The first-order valence-corrected chi connectivity index (χ1v) is 8.47. The second-order valence-electron chi connectivity index (χ2n) is 6.11. The molecule has 0 radical (unpaired) electrons. The van der Waals surface area contributed by atoms with Crippen LogP contribution in [0.3, 0.4) is 0 Å². The quantitative estimate of drug-likeness (QED) is 0.610. The number of nitrogens with one attached hydrogen (secondary N) is 2. The van der Waals surface area contributed by atoms with Crippen molar-refractivity contribution in [2.45, 2.75) is 26.8 Å². The summed E-state index contributed by atoms with van der Waals surface area (Å²) in [7, 11) is 0. The molecule has 1 aromatic carbocycles. The number of aromatic nitrogens is 3. The van der Waals surface area contributed by atoms with Gasteiger partial charge < -0.3 is 15.6 Å². The fourth-order valence-corrected chi connectivity index (χ4v) is 2.96. The standard InChI is InChI=1S/C19H21N5O2/c1-12-17-18(23-22-12)15-11-14(5-3-9-21-13(2)25)6-7-16(15)24(19(17)26)10-4-8-20/h6-7,11H,4,8-10,20H2,1-2H3,(H,21,25)(H,22,23). The fourth-order valence-electron chi connectivity index (χ4n) is 2.96. The Labute approximate surface area is 150 Å². The number of benzene rings is 1. The summed E-state index contributed by atoms with van der Waals surface area (Å²) in [6.45, 7) is 4.66. The molecule has 0 unspecified atom stereocenters. The van der Waals surface area contributed by atoms with Crippen LogP contribution in [0.4, 0.5) is 0 Å². The van der Waals surface area contributed by atoms with Crippen LogP contribution >= 0.6 is 0 Å². The molecular formula is C19H21N5O2. The molecule has 0 saturated heterocycles. The number of nitrogens with two attached hydrogens (primary N) is 1. The summed E-state index contributed by atoms with van der Waals surface area (Å²) in [5.74, 6) is 5.83. The number of carbonyl (C=O) groups is 1. The molecule has 0 bridgehead atoms. The second-order valence-corrected chi connectivity index (χ2v) is 6.11. The van der Waals surface area contributed by atoms with Crippen LogP contribution in [0.1, 0.15) is 24.6 Å². The number of aryl methyl sites for hydroxylation is 2. The number of amides is 1. The van der Waals surface area contributed by atoms with Crippen molar-refractivity contribution in [3.8, 4) is 11.8 Å². The van der Waals surface area contributed by atoms with Crippen LogP contribution < -0.4 is 16.6 Å². The van der Waals surface area contributed by atoms with Gasteiger partial charge in [0.05, 0.1) is 17.4 Å². The molecule has 4 N–H and O–H groups in total. The monoisotopic (exact) mass is 351 g/mol. The number of pyridine rings is 1. The van der Waals surface area contributed by atoms with Crippen LogP contribution in [-0.2, 0) is 11.3 Å². The lowest BCUT2D eigenvalue weighted by molar-refractivity contribution is -0.118. The highest BCUT2D eigenvalue weighted by molar-refractivity contribution is 6.04. The van der Waals surface area contributed by atoms with Gasteiger partial charge >= 0.3 is 0 Å². The average Bonchev–Trinajstić information content (AvgIpc) is 3.01. The first kappa shape index (κ1) is 17.7. The minimum atomic E-state index is -0.115. The number of H-pyrrole nitrogens is 1. The van der Waals surface area contributed by atoms with E-state index in [4.69, 9.17) is 5.73 Å². The molecule has 0 aliphatic carbocycles. The van der Waals surface area contributed by atoms with Crippen molar-refractivity contribution in [2.24, 2.45) is 5.73 Å². The summed E-state index contributed by atoms with van der Waals surface area (Å²) in [6.07, 6.45) is 0.718. The van der Waals surface area contributed by atoms with E-state index >= 15 is 0 Å². The summed E-state index contributed by atoms with van der Waals surface area (Å²) in [4.78, 5) is 23.8. The predicted molar refractivity (Wildman–Crippen MR) is 102 cm³/mol. The molecular weight excluding hydrogens is 330 g/mol. The molecule has 0 spiro atoms. The van der Waals surface area contributed by atoms with Crippen molar-refractivity contribution in [1.29, 1.82) is 0 Å². The average molecular weight is 351 g/mol. The number of aromatic amines is 1. The highest BCUT2D eigenvalue weighted by Gasteiger charge is 2.15. The maximum Gasteiger partial charge on any atom is 0.262 e. The summed E-state index contributed by atoms with van der Waals surface area (Å²) in [5, 5.41) is 11.3. The van der Waals surface area contributed by atoms with E-state index in [2.05, 4.69) is 27.4 Å². The topological polar surface area (TPSA) is 106 Å². The molecule has 2 heterocycles. The third kappa shape index (κ3) is 3.32. The first-order chi connectivity index (χ1) is 12.5. The zero-order valence-corrected chi connectivity index (χ0v) is 14.8. The second kappa shape index (κ2) is 7.42. The number of fused-ring (bicyclic) bond motifs is 3. The Morgan fingerprint density at radius 1 is 1.42 bits per heavy atom. The molecule has 0 aliphatic heterocycles. The van der Waals surface area contributed by atoms with E-state index in [1.165, 1.54) is 6.92 Å². The van der Waals surface area contributed by atoms with E-state index in [0.29, 0.717) is 30.5 Å².